The van der Waals surface area contributed by atoms with Gasteiger partial charge in [-0.3, -0.25) is 0 Å². The lowest BCUT2D eigenvalue weighted by molar-refractivity contribution is -0.140. The van der Waals surface area contributed by atoms with Gasteiger partial charge in [0.1, 0.15) is 5.82 Å². The fourth-order valence-corrected chi connectivity index (χ4v) is 4.12. The summed E-state index contributed by atoms with van der Waals surface area (Å²) in [6.07, 6.45) is 0.0242. The monoisotopic (exact) mass is 476 g/mol. The van der Waals surface area contributed by atoms with Crippen LogP contribution in [-0.2, 0) is 19.8 Å². The van der Waals surface area contributed by atoms with Crippen LogP contribution in [0.4, 0.5) is 13.2 Å². The van der Waals surface area contributed by atoms with E-state index < -0.39 is 11.9 Å². The molecule has 6 nitrogen and oxygen atoms in total. The third kappa shape index (κ3) is 4.41. The van der Waals surface area contributed by atoms with Crippen molar-refractivity contribution in [1.29, 1.82) is 0 Å². The highest BCUT2D eigenvalue weighted by atomic mass is 19.4. The maximum absolute atomic E-state index is 13.0. The van der Waals surface area contributed by atoms with Crippen molar-refractivity contribution in [2.24, 2.45) is 7.05 Å². The fourth-order valence-electron chi connectivity index (χ4n) is 4.12. The van der Waals surface area contributed by atoms with Crippen molar-refractivity contribution in [3.63, 3.8) is 0 Å². The Morgan fingerprint density at radius 1 is 0.943 bits per heavy atom. The molecule has 0 N–H and O–H groups in total. The van der Waals surface area contributed by atoms with Gasteiger partial charge in [0.15, 0.2) is 17.2 Å². The van der Waals surface area contributed by atoms with E-state index in [1.807, 2.05) is 30.3 Å². The highest BCUT2D eigenvalue weighted by molar-refractivity contribution is 5.76. The number of aromatic nitrogens is 6. The number of alkyl halides is 3. The molecule has 3 heterocycles. The number of benzene rings is 2. The van der Waals surface area contributed by atoms with Crippen LogP contribution in [0.25, 0.3) is 33.8 Å². The van der Waals surface area contributed by atoms with Crippen LogP contribution < -0.4 is 0 Å². The standard InChI is InChI=1S/C26H23F3N6/c1-16(2)20-6-4-5-7-21(20)23-30-12-19-13-31-35(25(19)33-23)14-17-8-10-18(11-9-17)24-32-22(15-34(24)3)26(27,28)29/h4-13,15-16H,14H2,1-3H3. The van der Waals surface area contributed by atoms with Gasteiger partial charge in [0.05, 0.1) is 18.1 Å². The molecule has 5 aromatic rings. The number of hydrogen-bond donors (Lipinski definition) is 0. The predicted octanol–water partition coefficient (Wildman–Crippen LogP) is 6.08. The molecule has 0 aliphatic rings. The summed E-state index contributed by atoms with van der Waals surface area (Å²) >= 11 is 0. The van der Waals surface area contributed by atoms with Crippen LogP contribution in [-0.4, -0.2) is 29.3 Å². The number of hydrogen-bond acceptors (Lipinski definition) is 4. The molecule has 2 aromatic carbocycles. The zero-order valence-corrected chi connectivity index (χ0v) is 19.5. The Bertz CT molecular complexity index is 1500. The zero-order chi connectivity index (χ0) is 24.7. The SMILES string of the molecule is CC(C)c1ccccc1-c1ncc2cnn(Cc3ccc(-c4nc(C(F)(F)F)cn4C)cc3)c2n1. The van der Waals surface area contributed by atoms with E-state index in [2.05, 4.69) is 35.0 Å². The lowest BCUT2D eigenvalue weighted by Crippen LogP contribution is -2.05. The Morgan fingerprint density at radius 2 is 1.69 bits per heavy atom. The molecule has 0 saturated heterocycles. The third-order valence-corrected chi connectivity index (χ3v) is 5.91. The smallest absolute Gasteiger partial charge is 0.333 e. The minimum Gasteiger partial charge on any atom is -0.333 e. The average Bonchev–Trinajstić information content (AvgIpc) is 3.43. The number of halogens is 3. The molecule has 9 heteroatoms. The van der Waals surface area contributed by atoms with E-state index >= 15 is 0 Å². The zero-order valence-electron chi connectivity index (χ0n) is 19.5. The highest BCUT2D eigenvalue weighted by Gasteiger charge is 2.34. The second-order valence-electron chi connectivity index (χ2n) is 8.77. The van der Waals surface area contributed by atoms with Crippen molar-refractivity contribution in [3.05, 3.63) is 83.9 Å². The summed E-state index contributed by atoms with van der Waals surface area (Å²) < 4.78 is 42.2. The number of nitrogens with zero attached hydrogens (tertiary/aromatic N) is 6. The maximum Gasteiger partial charge on any atom is 0.434 e. The number of aryl methyl sites for hydroxylation is 1. The molecule has 35 heavy (non-hydrogen) atoms. The van der Waals surface area contributed by atoms with Gasteiger partial charge >= 0.3 is 6.18 Å². The lowest BCUT2D eigenvalue weighted by atomic mass is 9.97. The third-order valence-electron chi connectivity index (χ3n) is 5.91. The van der Waals surface area contributed by atoms with Crippen LogP contribution in [0.15, 0.2) is 67.1 Å². The summed E-state index contributed by atoms with van der Waals surface area (Å²) in [5, 5.41) is 5.31. The molecule has 5 rings (SSSR count). The van der Waals surface area contributed by atoms with Gasteiger partial charge in [-0.25, -0.2) is 19.6 Å². The topological polar surface area (TPSA) is 61.4 Å². The Morgan fingerprint density at radius 3 is 2.37 bits per heavy atom. The van der Waals surface area contributed by atoms with Crippen LogP contribution in [0.3, 0.4) is 0 Å². The summed E-state index contributed by atoms with van der Waals surface area (Å²) in [4.78, 5) is 13.1. The molecule has 0 aliphatic carbocycles. The summed E-state index contributed by atoms with van der Waals surface area (Å²) in [6.45, 7) is 4.74. The molecular weight excluding hydrogens is 453 g/mol. The van der Waals surface area contributed by atoms with Crippen LogP contribution >= 0.6 is 0 Å². The first-order valence-electron chi connectivity index (χ1n) is 11.2. The molecule has 0 spiro atoms. The molecule has 3 aromatic heterocycles. The van der Waals surface area contributed by atoms with Gasteiger partial charge in [-0.1, -0.05) is 62.4 Å². The number of imidazole rings is 1. The van der Waals surface area contributed by atoms with E-state index in [-0.39, 0.29) is 5.82 Å². The molecule has 0 fully saturated rings. The van der Waals surface area contributed by atoms with E-state index in [1.54, 1.807) is 36.3 Å². The lowest BCUT2D eigenvalue weighted by Gasteiger charge is -2.11. The van der Waals surface area contributed by atoms with E-state index in [9.17, 15) is 13.2 Å². The molecule has 178 valence electrons. The van der Waals surface area contributed by atoms with Crippen LogP contribution in [0.2, 0.25) is 0 Å². The van der Waals surface area contributed by atoms with Crippen molar-refractivity contribution in [1.82, 2.24) is 29.3 Å². The molecule has 0 aliphatic heterocycles. The van der Waals surface area contributed by atoms with Crippen molar-refractivity contribution >= 4 is 11.0 Å². The quantitative estimate of drug-likeness (QED) is 0.308. The van der Waals surface area contributed by atoms with Gasteiger partial charge in [0.2, 0.25) is 0 Å². The van der Waals surface area contributed by atoms with Gasteiger partial charge in [0, 0.05) is 30.6 Å². The van der Waals surface area contributed by atoms with Crippen molar-refractivity contribution in [3.8, 4) is 22.8 Å². The van der Waals surface area contributed by atoms with E-state index in [1.165, 1.54) is 10.1 Å². The molecule has 0 bridgehead atoms. The molecule has 0 amide bonds. The summed E-state index contributed by atoms with van der Waals surface area (Å²) in [5.74, 6) is 1.24. The van der Waals surface area contributed by atoms with Gasteiger partial charge in [-0.2, -0.15) is 18.3 Å². The Labute approximate surface area is 200 Å². The first-order chi connectivity index (χ1) is 16.7. The van der Waals surface area contributed by atoms with Crippen LogP contribution in [0, 0.1) is 0 Å². The van der Waals surface area contributed by atoms with E-state index in [0.717, 1.165) is 28.4 Å². The van der Waals surface area contributed by atoms with Crippen LogP contribution in [0.5, 0.6) is 0 Å². The minimum absolute atomic E-state index is 0.259. The summed E-state index contributed by atoms with van der Waals surface area (Å²) in [6, 6.07) is 15.4. The molecule has 0 unspecified atom stereocenters. The normalized spacial score (nSPS) is 12.1. The highest BCUT2D eigenvalue weighted by Crippen LogP contribution is 2.31. The first kappa shape index (κ1) is 22.8. The number of fused-ring (bicyclic) bond motifs is 1. The summed E-state index contributed by atoms with van der Waals surface area (Å²) in [5.41, 5.74) is 3.53. The van der Waals surface area contributed by atoms with E-state index in [0.29, 0.717) is 23.9 Å². The number of rotatable bonds is 5. The summed E-state index contributed by atoms with van der Waals surface area (Å²) in [7, 11) is 1.55. The minimum atomic E-state index is -4.48. The van der Waals surface area contributed by atoms with Gasteiger partial charge < -0.3 is 4.57 Å². The van der Waals surface area contributed by atoms with Crippen molar-refractivity contribution < 1.29 is 13.2 Å². The van der Waals surface area contributed by atoms with E-state index in [4.69, 9.17) is 4.98 Å². The van der Waals surface area contributed by atoms with Crippen molar-refractivity contribution in [2.45, 2.75) is 32.5 Å². The van der Waals surface area contributed by atoms with Gasteiger partial charge in [0.25, 0.3) is 0 Å². The predicted molar refractivity (Wildman–Crippen MR) is 128 cm³/mol. The second-order valence-corrected chi connectivity index (χ2v) is 8.77. The van der Waals surface area contributed by atoms with Gasteiger partial charge in [-0.15, -0.1) is 0 Å². The Balaban J connectivity index is 1.44. The van der Waals surface area contributed by atoms with Crippen molar-refractivity contribution in [2.75, 3.05) is 0 Å². The maximum atomic E-state index is 13.0. The fraction of sp³-hybridized carbons (Fsp3) is 0.231. The Hall–Kier alpha value is -4.01. The second kappa shape index (κ2) is 8.65. The molecule has 0 radical (unpaired) electrons. The first-order valence-corrected chi connectivity index (χ1v) is 11.2. The van der Waals surface area contributed by atoms with Gasteiger partial charge in [-0.05, 0) is 17.0 Å². The van der Waals surface area contributed by atoms with Crippen LogP contribution in [0.1, 0.15) is 36.6 Å². The molecular formula is C26H23F3N6. The average molecular weight is 477 g/mol. The largest absolute Gasteiger partial charge is 0.434 e. The molecule has 0 atom stereocenters. The Kier molecular flexibility index (Phi) is 5.62. The molecule has 0 saturated carbocycles.